The maximum atomic E-state index is 13.3. The number of fused-ring (bicyclic) bond motifs is 1. The fourth-order valence-corrected chi connectivity index (χ4v) is 5.18. The number of methoxy groups -OCH3 is 1. The van der Waals surface area contributed by atoms with Crippen molar-refractivity contribution in [2.24, 2.45) is 0 Å². The van der Waals surface area contributed by atoms with Gasteiger partial charge in [0.05, 0.1) is 49.7 Å². The molecule has 2 heterocycles. The lowest BCUT2D eigenvalue weighted by atomic mass is 10.00. The van der Waals surface area contributed by atoms with Crippen molar-refractivity contribution in [1.29, 1.82) is 0 Å². The molecule has 0 saturated carbocycles. The third-order valence-electron chi connectivity index (χ3n) is 6.24. The van der Waals surface area contributed by atoms with Crippen LogP contribution in [0.2, 0.25) is 0 Å². The molecule has 0 aromatic heterocycles. The van der Waals surface area contributed by atoms with Gasteiger partial charge in [0.2, 0.25) is 15.9 Å². The number of hydrogen-bond acceptors (Lipinski definition) is 7. The van der Waals surface area contributed by atoms with E-state index in [0.29, 0.717) is 54.4 Å². The van der Waals surface area contributed by atoms with Gasteiger partial charge in [-0.1, -0.05) is 12.1 Å². The largest absolute Gasteiger partial charge is 0.495 e. The van der Waals surface area contributed by atoms with Gasteiger partial charge in [0.15, 0.2) is 0 Å². The van der Waals surface area contributed by atoms with E-state index in [4.69, 9.17) is 14.2 Å². The molecule has 0 radical (unpaired) electrons. The van der Waals surface area contributed by atoms with Crippen molar-refractivity contribution in [3.63, 3.8) is 0 Å². The van der Waals surface area contributed by atoms with Crippen molar-refractivity contribution < 1.29 is 32.2 Å². The molecule has 1 saturated heterocycles. The Balaban J connectivity index is 1.74. The van der Waals surface area contributed by atoms with Gasteiger partial charge in [-0.25, -0.2) is 13.2 Å². The average molecular weight is 518 g/mol. The predicted molar refractivity (Wildman–Crippen MR) is 137 cm³/mol. The minimum absolute atomic E-state index is 0.127. The SMILES string of the molecule is COc1ccc(-c2ccc3c(c2)N(C(=O)OC2CCOCC2)CC(C)N3C(C)=O)cc1NS(C)(=O)=O. The minimum atomic E-state index is -3.53. The number of nitrogens with one attached hydrogen (secondary N) is 1. The lowest BCUT2D eigenvalue weighted by molar-refractivity contribution is -0.117. The van der Waals surface area contributed by atoms with Gasteiger partial charge in [-0.15, -0.1) is 0 Å². The fraction of sp³-hybridized carbons (Fsp3) is 0.440. The van der Waals surface area contributed by atoms with E-state index in [9.17, 15) is 18.0 Å². The second-order valence-electron chi connectivity index (χ2n) is 9.04. The second kappa shape index (κ2) is 10.4. The monoisotopic (exact) mass is 517 g/mol. The normalized spacial score (nSPS) is 18.4. The van der Waals surface area contributed by atoms with Crippen LogP contribution in [0, 0.1) is 0 Å². The van der Waals surface area contributed by atoms with Crippen molar-refractivity contribution in [1.82, 2.24) is 0 Å². The average Bonchev–Trinajstić information content (AvgIpc) is 2.82. The second-order valence-corrected chi connectivity index (χ2v) is 10.8. The van der Waals surface area contributed by atoms with Crippen molar-refractivity contribution >= 4 is 39.1 Å². The number of carbonyl (C=O) groups excluding carboxylic acids is 2. The molecule has 2 aromatic carbocycles. The van der Waals surface area contributed by atoms with E-state index in [2.05, 4.69) is 4.72 Å². The Morgan fingerprint density at radius 1 is 1.06 bits per heavy atom. The van der Waals surface area contributed by atoms with E-state index in [1.165, 1.54) is 14.0 Å². The first-order valence-corrected chi connectivity index (χ1v) is 13.6. The molecule has 36 heavy (non-hydrogen) atoms. The number of ether oxygens (including phenoxy) is 3. The molecule has 194 valence electrons. The van der Waals surface area contributed by atoms with Crippen LogP contribution in [0.3, 0.4) is 0 Å². The molecule has 1 fully saturated rings. The standard InChI is InChI=1S/C25H31N3O7S/c1-16-15-27(25(30)35-20-9-11-34-12-10-20)23-14-19(5-7-22(23)28(16)17(2)29)18-6-8-24(33-3)21(13-18)26-36(4,31)32/h5-8,13-14,16,20,26H,9-12,15H2,1-4H3. The molecule has 0 spiro atoms. The number of nitrogens with zero attached hydrogens (tertiary/aromatic N) is 2. The van der Waals surface area contributed by atoms with E-state index < -0.39 is 16.1 Å². The molecule has 2 aliphatic rings. The predicted octanol–water partition coefficient (Wildman–Crippen LogP) is 3.61. The van der Waals surface area contributed by atoms with Crippen LogP contribution in [0.5, 0.6) is 5.75 Å². The van der Waals surface area contributed by atoms with E-state index in [0.717, 1.165) is 11.8 Å². The van der Waals surface area contributed by atoms with Gasteiger partial charge in [-0.2, -0.15) is 0 Å². The summed E-state index contributed by atoms with van der Waals surface area (Å²) in [7, 11) is -2.07. The van der Waals surface area contributed by atoms with Crippen LogP contribution in [-0.2, 0) is 24.3 Å². The van der Waals surface area contributed by atoms with Crippen LogP contribution < -0.4 is 19.3 Å². The first-order valence-electron chi connectivity index (χ1n) is 11.7. The van der Waals surface area contributed by atoms with Gasteiger partial charge in [0.25, 0.3) is 0 Å². The highest BCUT2D eigenvalue weighted by Crippen LogP contribution is 2.40. The van der Waals surface area contributed by atoms with Crippen molar-refractivity contribution in [2.75, 3.05) is 47.6 Å². The fourth-order valence-electron chi connectivity index (χ4n) is 4.62. The Hall–Kier alpha value is -3.31. The molecule has 1 atom stereocenters. The van der Waals surface area contributed by atoms with Crippen molar-refractivity contribution in [3.8, 4) is 16.9 Å². The molecule has 10 nitrogen and oxygen atoms in total. The van der Waals surface area contributed by atoms with Crippen LogP contribution >= 0.6 is 0 Å². The third kappa shape index (κ3) is 5.57. The number of sulfonamides is 1. The molecule has 1 unspecified atom stereocenters. The van der Waals surface area contributed by atoms with Gasteiger partial charge in [-0.05, 0) is 42.3 Å². The molecular formula is C25H31N3O7S. The summed E-state index contributed by atoms with van der Waals surface area (Å²) in [5.41, 5.74) is 2.89. The van der Waals surface area contributed by atoms with E-state index in [1.54, 1.807) is 34.1 Å². The minimum Gasteiger partial charge on any atom is -0.495 e. The zero-order chi connectivity index (χ0) is 26.0. The maximum absolute atomic E-state index is 13.3. The Kier molecular flexibility index (Phi) is 7.41. The van der Waals surface area contributed by atoms with Crippen LogP contribution in [0.15, 0.2) is 36.4 Å². The number of benzene rings is 2. The zero-order valence-electron chi connectivity index (χ0n) is 20.8. The van der Waals surface area contributed by atoms with E-state index >= 15 is 0 Å². The number of hydrogen-bond donors (Lipinski definition) is 1. The summed E-state index contributed by atoms with van der Waals surface area (Å²) in [5, 5.41) is 0. The molecule has 2 aliphatic heterocycles. The molecule has 2 amide bonds. The molecule has 4 rings (SSSR count). The van der Waals surface area contributed by atoms with Gasteiger partial charge in [-0.3, -0.25) is 14.4 Å². The number of anilines is 3. The Morgan fingerprint density at radius 3 is 2.36 bits per heavy atom. The summed E-state index contributed by atoms with van der Waals surface area (Å²) < 4.78 is 42.6. The topological polar surface area (TPSA) is 114 Å². The Labute approximate surface area is 211 Å². The molecule has 0 aliphatic carbocycles. The highest BCUT2D eigenvalue weighted by molar-refractivity contribution is 7.92. The molecule has 2 aromatic rings. The van der Waals surface area contributed by atoms with Crippen LogP contribution in [0.25, 0.3) is 11.1 Å². The van der Waals surface area contributed by atoms with Gasteiger partial charge in [0, 0.05) is 26.3 Å². The quantitative estimate of drug-likeness (QED) is 0.644. The highest BCUT2D eigenvalue weighted by Gasteiger charge is 2.35. The summed E-state index contributed by atoms with van der Waals surface area (Å²) in [4.78, 5) is 29.0. The number of rotatable bonds is 5. The van der Waals surface area contributed by atoms with E-state index in [-0.39, 0.29) is 24.6 Å². The summed E-state index contributed by atoms with van der Waals surface area (Å²) in [6, 6.07) is 10.3. The lowest BCUT2D eigenvalue weighted by Crippen LogP contribution is -2.52. The smallest absolute Gasteiger partial charge is 0.414 e. The van der Waals surface area contributed by atoms with Crippen LogP contribution in [-0.4, -0.2) is 65.7 Å². The molecule has 11 heteroatoms. The summed E-state index contributed by atoms with van der Waals surface area (Å²) in [5.74, 6) is 0.249. The van der Waals surface area contributed by atoms with Gasteiger partial charge >= 0.3 is 6.09 Å². The summed E-state index contributed by atoms with van der Waals surface area (Å²) >= 11 is 0. The Bertz CT molecular complexity index is 1260. The van der Waals surface area contributed by atoms with Crippen LogP contribution in [0.4, 0.5) is 21.9 Å². The van der Waals surface area contributed by atoms with Crippen LogP contribution in [0.1, 0.15) is 26.7 Å². The number of carbonyl (C=O) groups is 2. The molecule has 0 bridgehead atoms. The third-order valence-corrected chi connectivity index (χ3v) is 6.83. The number of amides is 2. The summed E-state index contributed by atoms with van der Waals surface area (Å²) in [6.07, 6.45) is 1.67. The maximum Gasteiger partial charge on any atom is 0.414 e. The lowest BCUT2D eigenvalue weighted by Gasteiger charge is -2.41. The molecule has 1 N–H and O–H groups in total. The van der Waals surface area contributed by atoms with Crippen molar-refractivity contribution in [2.45, 2.75) is 38.8 Å². The first-order chi connectivity index (χ1) is 17.1. The first kappa shape index (κ1) is 25.8. The molecular weight excluding hydrogens is 486 g/mol. The zero-order valence-corrected chi connectivity index (χ0v) is 21.6. The van der Waals surface area contributed by atoms with Gasteiger partial charge in [0.1, 0.15) is 11.9 Å². The summed E-state index contributed by atoms with van der Waals surface area (Å²) in [6.45, 7) is 4.76. The highest BCUT2D eigenvalue weighted by atomic mass is 32.2. The van der Waals surface area contributed by atoms with Gasteiger partial charge < -0.3 is 19.1 Å². The van der Waals surface area contributed by atoms with Crippen molar-refractivity contribution in [3.05, 3.63) is 36.4 Å². The van der Waals surface area contributed by atoms with E-state index in [1.807, 2.05) is 19.1 Å². The Morgan fingerprint density at radius 2 is 1.72 bits per heavy atom.